The third-order valence-corrected chi connectivity index (χ3v) is 10.6. The lowest BCUT2D eigenvalue weighted by atomic mass is 9.80. The van der Waals surface area contributed by atoms with Crippen molar-refractivity contribution in [3.05, 3.63) is 137 Å². The molecule has 0 saturated carbocycles. The summed E-state index contributed by atoms with van der Waals surface area (Å²) in [7, 11) is -3.69. The van der Waals surface area contributed by atoms with Crippen LogP contribution in [0, 0.1) is 0 Å². The molecule has 0 aliphatic heterocycles. The first-order chi connectivity index (χ1) is 24.0. The van der Waals surface area contributed by atoms with Gasteiger partial charge in [-0.3, -0.25) is 13.6 Å². The van der Waals surface area contributed by atoms with Crippen LogP contribution in [-0.2, 0) is 36.0 Å². The van der Waals surface area contributed by atoms with Gasteiger partial charge in [0.05, 0.1) is 34.9 Å². The van der Waals surface area contributed by atoms with Gasteiger partial charge >= 0.3 is 19.2 Å². The Morgan fingerprint density at radius 2 is 1.35 bits per heavy atom. The molecule has 1 aromatic heterocycles. The van der Waals surface area contributed by atoms with Crippen molar-refractivity contribution in [1.29, 1.82) is 0 Å². The molecule has 5 rings (SSSR count). The first-order valence-corrected chi connectivity index (χ1v) is 18.2. The lowest BCUT2D eigenvalue weighted by molar-refractivity contribution is -0.0213. The van der Waals surface area contributed by atoms with Gasteiger partial charge < -0.3 is 4.74 Å². The van der Waals surface area contributed by atoms with E-state index in [-0.39, 0.29) is 6.42 Å². The summed E-state index contributed by atoms with van der Waals surface area (Å²) in [5.41, 5.74) is -3.39. The third kappa shape index (κ3) is 8.52. The maximum absolute atomic E-state index is 16.3. The van der Waals surface area contributed by atoms with Gasteiger partial charge in [-0.05, 0) is 88.9 Å². The molecule has 4 aromatic carbocycles. The predicted octanol–water partition coefficient (Wildman–Crippen LogP) is 10.2. The second-order valence-corrected chi connectivity index (χ2v) is 16.3. The fourth-order valence-corrected chi connectivity index (χ4v) is 8.10. The van der Waals surface area contributed by atoms with Gasteiger partial charge in [0, 0.05) is 12.0 Å². The second kappa shape index (κ2) is 14.6. The number of methoxy groups -OCH3 is 1. The molecule has 51 heavy (non-hydrogen) atoms. The summed E-state index contributed by atoms with van der Waals surface area (Å²) in [4.78, 5) is 12.4. The van der Waals surface area contributed by atoms with Crippen LogP contribution in [0.3, 0.4) is 0 Å². The highest BCUT2D eigenvalue weighted by Crippen LogP contribution is 2.69. The van der Waals surface area contributed by atoms with Crippen molar-refractivity contribution < 1.29 is 31.9 Å². The summed E-state index contributed by atoms with van der Waals surface area (Å²) in [5, 5.41) is 9.11. The first-order valence-electron chi connectivity index (χ1n) is 16.7. The molecular formula is C40H44F2N3O5P. The molecular weight excluding hydrogens is 671 g/mol. The van der Waals surface area contributed by atoms with Crippen molar-refractivity contribution in [1.82, 2.24) is 15.0 Å². The van der Waals surface area contributed by atoms with Crippen molar-refractivity contribution in [3.8, 4) is 0 Å². The molecule has 0 aliphatic rings. The number of alkyl halides is 2. The number of allylic oxidation sites excluding steroid dienone is 1. The number of benzene rings is 4. The van der Waals surface area contributed by atoms with Gasteiger partial charge in [0.2, 0.25) is 0 Å². The largest absolute Gasteiger partial charge is 0.465 e. The Morgan fingerprint density at radius 3 is 1.94 bits per heavy atom. The van der Waals surface area contributed by atoms with E-state index in [0.717, 1.165) is 16.6 Å². The smallest absolute Gasteiger partial charge is 0.405 e. The minimum absolute atomic E-state index is 0.289. The number of halogens is 2. The molecule has 0 radical (unpaired) electrons. The predicted molar refractivity (Wildman–Crippen MR) is 196 cm³/mol. The standard InChI is InChI=1S/C40H44F2N3O5P/c1-37(2,3)49-51(47,50-38(4,5)6)40(41,42)33-23-19-30(20-24-33)28-39(27-13-16-29-14-9-8-10-15-29,32-25-21-31(22-26-32)36(46)48-7)45-35-18-12-11-17-34(35)43-44-45/h8-26H,27-28H2,1-7H3. The Labute approximate surface area is 298 Å². The quantitative estimate of drug-likeness (QED) is 0.0938. The van der Waals surface area contributed by atoms with Gasteiger partial charge in [-0.25, -0.2) is 9.48 Å². The van der Waals surface area contributed by atoms with Crippen molar-refractivity contribution in [3.63, 3.8) is 0 Å². The van der Waals surface area contributed by atoms with Crippen LogP contribution in [0.5, 0.6) is 0 Å². The number of carbonyl (C=O) groups is 1. The van der Waals surface area contributed by atoms with Crippen LogP contribution >= 0.6 is 7.60 Å². The summed E-state index contributed by atoms with van der Waals surface area (Å²) < 4.78 is 64.3. The molecule has 0 amide bonds. The van der Waals surface area contributed by atoms with Crippen molar-refractivity contribution in [2.45, 2.75) is 76.8 Å². The molecule has 0 bridgehead atoms. The highest BCUT2D eigenvalue weighted by atomic mass is 31.2. The van der Waals surface area contributed by atoms with Gasteiger partial charge in [0.15, 0.2) is 0 Å². The Morgan fingerprint density at radius 1 is 0.784 bits per heavy atom. The zero-order valence-corrected chi connectivity index (χ0v) is 30.9. The SMILES string of the molecule is COC(=O)c1ccc(C(CC=Cc2ccccc2)(Cc2ccc(C(F)(F)P(=O)(OC(C)(C)C)OC(C)(C)C)cc2)n2nnc3ccccc32)cc1. The highest BCUT2D eigenvalue weighted by Gasteiger charge is 2.58. The van der Waals surface area contributed by atoms with Crippen LogP contribution < -0.4 is 0 Å². The number of hydrogen-bond donors (Lipinski definition) is 0. The third-order valence-electron chi connectivity index (χ3n) is 8.10. The van der Waals surface area contributed by atoms with Gasteiger partial charge in [0.1, 0.15) is 5.52 Å². The molecule has 268 valence electrons. The number of rotatable bonds is 12. The molecule has 5 aromatic rings. The molecule has 0 saturated heterocycles. The summed E-state index contributed by atoms with van der Waals surface area (Å²) in [5.74, 6) is -0.470. The molecule has 0 fully saturated rings. The molecule has 1 unspecified atom stereocenters. The normalized spacial score (nSPS) is 14.1. The van der Waals surface area contributed by atoms with E-state index in [2.05, 4.69) is 10.3 Å². The minimum Gasteiger partial charge on any atom is -0.465 e. The fraction of sp³-hybridized carbons (Fsp3) is 0.325. The zero-order valence-electron chi connectivity index (χ0n) is 30.0. The molecule has 1 heterocycles. The Balaban J connectivity index is 1.64. The number of esters is 1. The summed E-state index contributed by atoms with van der Waals surface area (Å²) in [6, 6.07) is 30.3. The van der Waals surface area contributed by atoms with Crippen molar-refractivity contribution in [2.75, 3.05) is 7.11 Å². The Hall–Kier alpha value is -4.50. The van der Waals surface area contributed by atoms with E-state index in [4.69, 9.17) is 13.8 Å². The monoisotopic (exact) mass is 715 g/mol. The fourth-order valence-electron chi connectivity index (χ4n) is 5.92. The van der Waals surface area contributed by atoms with E-state index < -0.39 is 41.5 Å². The van der Waals surface area contributed by atoms with Crippen LogP contribution in [0.4, 0.5) is 8.78 Å². The molecule has 8 nitrogen and oxygen atoms in total. The number of fused-ring (bicyclic) bond motifs is 1. The van der Waals surface area contributed by atoms with Crippen LogP contribution in [0.2, 0.25) is 0 Å². The minimum atomic E-state index is -5.02. The maximum atomic E-state index is 16.3. The van der Waals surface area contributed by atoms with Crippen molar-refractivity contribution >= 4 is 30.7 Å². The van der Waals surface area contributed by atoms with Crippen LogP contribution in [0.25, 0.3) is 17.1 Å². The summed E-state index contributed by atoms with van der Waals surface area (Å²) in [6.07, 6.45) is 4.77. The van der Waals surface area contributed by atoms with E-state index in [9.17, 15) is 9.36 Å². The summed E-state index contributed by atoms with van der Waals surface area (Å²) in [6.45, 7) is 9.35. The van der Waals surface area contributed by atoms with Gasteiger partial charge in [-0.2, -0.15) is 8.78 Å². The first kappa shape index (κ1) is 37.7. The summed E-state index contributed by atoms with van der Waals surface area (Å²) >= 11 is 0. The molecule has 11 heteroatoms. The topological polar surface area (TPSA) is 92.5 Å². The van der Waals surface area contributed by atoms with Crippen LogP contribution in [0.15, 0.2) is 109 Å². The van der Waals surface area contributed by atoms with Crippen LogP contribution in [0.1, 0.15) is 80.6 Å². The zero-order chi connectivity index (χ0) is 37.1. The van der Waals surface area contributed by atoms with Gasteiger partial charge in [-0.15, -0.1) is 5.10 Å². The number of aromatic nitrogens is 3. The highest BCUT2D eigenvalue weighted by molar-refractivity contribution is 7.54. The van der Waals surface area contributed by atoms with E-state index in [1.807, 2.05) is 83.6 Å². The number of hydrogen-bond acceptors (Lipinski definition) is 7. The lowest BCUT2D eigenvalue weighted by Crippen LogP contribution is -2.38. The molecule has 0 aliphatic carbocycles. The number of carbonyl (C=O) groups excluding carboxylic acids is 1. The van der Waals surface area contributed by atoms with Gasteiger partial charge in [-0.1, -0.05) is 96.2 Å². The number of ether oxygens (including phenoxy) is 1. The molecule has 1 atom stereocenters. The Bertz CT molecular complexity index is 2010. The lowest BCUT2D eigenvalue weighted by Gasteiger charge is -2.36. The Kier molecular flexibility index (Phi) is 10.8. The maximum Gasteiger partial charge on any atom is 0.405 e. The van der Waals surface area contributed by atoms with E-state index in [1.54, 1.807) is 65.8 Å². The average molecular weight is 716 g/mol. The molecule has 0 spiro atoms. The van der Waals surface area contributed by atoms with E-state index in [1.165, 1.54) is 19.2 Å². The number of para-hydroxylation sites is 1. The average Bonchev–Trinajstić information content (AvgIpc) is 3.51. The van der Waals surface area contributed by atoms with Crippen molar-refractivity contribution in [2.24, 2.45) is 0 Å². The second-order valence-electron chi connectivity index (χ2n) is 14.4. The van der Waals surface area contributed by atoms with Crippen LogP contribution in [-0.4, -0.2) is 39.3 Å². The molecule has 0 N–H and O–H groups in total. The van der Waals surface area contributed by atoms with E-state index in [0.29, 0.717) is 23.1 Å². The number of nitrogens with zero attached hydrogens (tertiary/aromatic N) is 3. The van der Waals surface area contributed by atoms with E-state index >= 15 is 8.78 Å². The van der Waals surface area contributed by atoms with Gasteiger partial charge in [0.25, 0.3) is 0 Å².